The maximum Gasteiger partial charge on any atom is 0.154 e. The van der Waals surface area contributed by atoms with Gasteiger partial charge in [-0.25, -0.2) is 9.50 Å². The quantitative estimate of drug-likeness (QED) is 0.810. The van der Waals surface area contributed by atoms with Gasteiger partial charge < -0.3 is 4.74 Å². The van der Waals surface area contributed by atoms with Crippen molar-refractivity contribution in [1.82, 2.24) is 14.6 Å². The van der Waals surface area contributed by atoms with Gasteiger partial charge in [-0.05, 0) is 19.3 Å². The Balaban J connectivity index is 2.25. The molecule has 0 saturated heterocycles. The van der Waals surface area contributed by atoms with Crippen molar-refractivity contribution in [3.05, 3.63) is 27.7 Å². The summed E-state index contributed by atoms with van der Waals surface area (Å²) in [5, 5.41) is 3.22. The van der Waals surface area contributed by atoms with Crippen LogP contribution in [0.4, 0.5) is 0 Å². The topological polar surface area (TPSA) is 42.3 Å². The summed E-state index contributed by atoms with van der Waals surface area (Å²) in [6.07, 6.45) is 3.28. The van der Waals surface area contributed by atoms with Gasteiger partial charge in [0.15, 0.2) is 5.65 Å². The molecule has 4 nitrogen and oxygen atoms in total. The lowest BCUT2D eigenvalue weighted by molar-refractivity contribution is 0.181. The SMILES string of the molecule is COCc1cc2nc3c(c(=S)n2[nH]1)CCC3. The summed E-state index contributed by atoms with van der Waals surface area (Å²) in [7, 11) is 1.68. The lowest BCUT2D eigenvalue weighted by atomic mass is 10.3. The molecule has 1 aliphatic rings. The van der Waals surface area contributed by atoms with E-state index in [4.69, 9.17) is 17.0 Å². The molecule has 5 heteroatoms. The van der Waals surface area contributed by atoms with Gasteiger partial charge in [-0.15, -0.1) is 0 Å². The summed E-state index contributed by atoms with van der Waals surface area (Å²) in [6, 6.07) is 2.00. The summed E-state index contributed by atoms with van der Waals surface area (Å²) in [4.78, 5) is 4.63. The first-order chi connectivity index (χ1) is 7.79. The van der Waals surface area contributed by atoms with E-state index in [-0.39, 0.29) is 0 Å². The Morgan fingerprint density at radius 3 is 3.25 bits per heavy atom. The maximum absolute atomic E-state index is 5.47. The fourth-order valence-electron chi connectivity index (χ4n) is 2.27. The number of nitrogens with one attached hydrogen (secondary N) is 1. The molecule has 1 N–H and O–H groups in total. The molecule has 0 amide bonds. The van der Waals surface area contributed by atoms with Crippen molar-refractivity contribution in [2.45, 2.75) is 25.9 Å². The molecule has 0 fully saturated rings. The van der Waals surface area contributed by atoms with Gasteiger partial charge in [0.1, 0.15) is 4.64 Å². The molecule has 0 spiro atoms. The van der Waals surface area contributed by atoms with E-state index in [9.17, 15) is 0 Å². The number of aromatic nitrogens is 3. The molecule has 84 valence electrons. The zero-order valence-corrected chi connectivity index (χ0v) is 9.93. The molecule has 1 aliphatic carbocycles. The largest absolute Gasteiger partial charge is 0.378 e. The zero-order chi connectivity index (χ0) is 11.1. The second-order valence-electron chi connectivity index (χ2n) is 4.10. The third-order valence-corrected chi connectivity index (χ3v) is 3.42. The van der Waals surface area contributed by atoms with E-state index in [2.05, 4.69) is 10.1 Å². The molecule has 0 aliphatic heterocycles. The standard InChI is InChI=1S/C11H13N3OS/c1-15-6-7-5-10-12-9-4-2-3-8(9)11(16)14(10)13-7/h5,13H,2-4,6H2,1H3. The number of fused-ring (bicyclic) bond motifs is 2. The lowest BCUT2D eigenvalue weighted by Crippen LogP contribution is -1.99. The van der Waals surface area contributed by atoms with E-state index in [1.54, 1.807) is 7.11 Å². The maximum atomic E-state index is 5.47. The summed E-state index contributed by atoms with van der Waals surface area (Å²) >= 11 is 5.47. The summed E-state index contributed by atoms with van der Waals surface area (Å²) in [5.41, 5.74) is 4.31. The molecule has 3 rings (SSSR count). The van der Waals surface area contributed by atoms with Crippen LogP contribution in [-0.4, -0.2) is 21.7 Å². The molecule has 0 aromatic carbocycles. The molecule has 0 radical (unpaired) electrons. The molecule has 16 heavy (non-hydrogen) atoms. The monoisotopic (exact) mass is 235 g/mol. The summed E-state index contributed by atoms with van der Waals surface area (Å²) in [6.45, 7) is 0.558. The number of ether oxygens (including phenoxy) is 1. The first-order valence-electron chi connectivity index (χ1n) is 5.41. The van der Waals surface area contributed by atoms with Crippen molar-refractivity contribution in [2.24, 2.45) is 0 Å². The Hall–Kier alpha value is -1.20. The van der Waals surface area contributed by atoms with Gasteiger partial charge in [-0.3, -0.25) is 5.10 Å². The number of nitrogens with zero attached hydrogens (tertiary/aromatic N) is 2. The highest BCUT2D eigenvalue weighted by Crippen LogP contribution is 2.22. The predicted molar refractivity (Wildman–Crippen MR) is 63.1 cm³/mol. The number of rotatable bonds is 2. The average molecular weight is 235 g/mol. The normalized spacial score (nSPS) is 14.6. The molecule has 2 heterocycles. The molecule has 2 aromatic heterocycles. The van der Waals surface area contributed by atoms with Crippen LogP contribution in [-0.2, 0) is 24.2 Å². The Kier molecular flexibility index (Phi) is 2.29. The van der Waals surface area contributed by atoms with Gasteiger partial charge in [0.05, 0.1) is 12.3 Å². The molecule has 2 aromatic rings. The van der Waals surface area contributed by atoms with Crippen LogP contribution in [0.2, 0.25) is 0 Å². The highest BCUT2D eigenvalue weighted by atomic mass is 32.1. The van der Waals surface area contributed by atoms with E-state index in [1.165, 1.54) is 17.7 Å². The van der Waals surface area contributed by atoms with Gasteiger partial charge in [-0.2, -0.15) is 0 Å². The van der Waals surface area contributed by atoms with Crippen LogP contribution in [0.25, 0.3) is 5.65 Å². The van der Waals surface area contributed by atoms with Gasteiger partial charge >= 0.3 is 0 Å². The van der Waals surface area contributed by atoms with Crippen molar-refractivity contribution >= 4 is 17.9 Å². The summed E-state index contributed by atoms with van der Waals surface area (Å²) < 4.78 is 7.85. The van der Waals surface area contributed by atoms with Crippen LogP contribution < -0.4 is 0 Å². The Bertz CT molecular complexity index is 599. The highest BCUT2D eigenvalue weighted by Gasteiger charge is 2.16. The van der Waals surface area contributed by atoms with E-state index in [1.807, 2.05) is 10.6 Å². The minimum Gasteiger partial charge on any atom is -0.378 e. The Labute approximate surface area is 98.2 Å². The Morgan fingerprint density at radius 2 is 2.44 bits per heavy atom. The molecule has 0 bridgehead atoms. The van der Waals surface area contributed by atoms with E-state index >= 15 is 0 Å². The van der Waals surface area contributed by atoms with Gasteiger partial charge in [0.25, 0.3) is 0 Å². The number of hydrogen-bond acceptors (Lipinski definition) is 3. The van der Waals surface area contributed by atoms with Crippen molar-refractivity contribution < 1.29 is 4.74 Å². The van der Waals surface area contributed by atoms with Crippen LogP contribution in [0.3, 0.4) is 0 Å². The molecule has 0 unspecified atom stereocenters. The van der Waals surface area contributed by atoms with Gasteiger partial charge in [-0.1, -0.05) is 12.2 Å². The molecule has 0 saturated carbocycles. The van der Waals surface area contributed by atoms with Crippen molar-refractivity contribution in [3.8, 4) is 0 Å². The summed E-state index contributed by atoms with van der Waals surface area (Å²) in [5.74, 6) is 0. The third kappa shape index (κ3) is 1.39. The first kappa shape index (κ1) is 9.99. The minimum atomic E-state index is 0.558. The number of aromatic amines is 1. The number of aryl methyl sites for hydroxylation is 1. The van der Waals surface area contributed by atoms with Crippen LogP contribution in [0.5, 0.6) is 0 Å². The molecular formula is C11H13N3OS. The first-order valence-corrected chi connectivity index (χ1v) is 5.82. The van der Waals surface area contributed by atoms with Gasteiger partial charge in [0, 0.05) is 24.4 Å². The van der Waals surface area contributed by atoms with E-state index in [0.29, 0.717) is 6.61 Å². The zero-order valence-electron chi connectivity index (χ0n) is 9.12. The third-order valence-electron chi connectivity index (χ3n) is 2.99. The van der Waals surface area contributed by atoms with Crippen molar-refractivity contribution in [2.75, 3.05) is 7.11 Å². The van der Waals surface area contributed by atoms with Crippen LogP contribution in [0, 0.1) is 4.64 Å². The smallest absolute Gasteiger partial charge is 0.154 e. The number of methoxy groups -OCH3 is 1. The number of H-pyrrole nitrogens is 1. The predicted octanol–water partition coefficient (Wildman–Crippen LogP) is 2.03. The molecular weight excluding hydrogens is 222 g/mol. The minimum absolute atomic E-state index is 0.558. The average Bonchev–Trinajstić information content (AvgIpc) is 2.85. The van der Waals surface area contributed by atoms with Crippen molar-refractivity contribution in [3.63, 3.8) is 0 Å². The lowest BCUT2D eigenvalue weighted by Gasteiger charge is -2.00. The second-order valence-corrected chi connectivity index (χ2v) is 4.49. The highest BCUT2D eigenvalue weighted by molar-refractivity contribution is 7.71. The van der Waals surface area contributed by atoms with E-state index in [0.717, 1.165) is 28.8 Å². The number of hydrogen-bond donors (Lipinski definition) is 1. The van der Waals surface area contributed by atoms with Crippen LogP contribution in [0.15, 0.2) is 6.07 Å². The van der Waals surface area contributed by atoms with Crippen LogP contribution in [0.1, 0.15) is 23.4 Å². The Morgan fingerprint density at radius 1 is 1.56 bits per heavy atom. The second kappa shape index (κ2) is 3.68. The van der Waals surface area contributed by atoms with E-state index < -0.39 is 0 Å². The van der Waals surface area contributed by atoms with Gasteiger partial charge in [0.2, 0.25) is 0 Å². The molecule has 0 atom stereocenters. The fourth-order valence-corrected chi connectivity index (χ4v) is 2.63. The fraction of sp³-hybridized carbons (Fsp3) is 0.455. The van der Waals surface area contributed by atoms with Crippen LogP contribution >= 0.6 is 12.2 Å². The van der Waals surface area contributed by atoms with Crippen molar-refractivity contribution in [1.29, 1.82) is 0 Å².